The lowest BCUT2D eigenvalue weighted by Crippen LogP contribution is -2.33. The lowest BCUT2D eigenvalue weighted by Gasteiger charge is -2.13. The standard InChI is InChI=1S/C11H16N4S/c1-9(2)15-10(7-12)4-6-16-11-3-5-13-8-14-11/h3,5,8-10,15H,4,6H2,1-2H3. The number of nitrogens with zero attached hydrogens (tertiary/aromatic N) is 3. The van der Waals surface area contributed by atoms with Crippen LogP contribution in [0.25, 0.3) is 0 Å². The van der Waals surface area contributed by atoms with E-state index in [0.717, 1.165) is 17.2 Å². The summed E-state index contributed by atoms with van der Waals surface area (Å²) in [5.74, 6) is 0.884. The molecule has 1 aromatic heterocycles. The first-order valence-electron chi connectivity index (χ1n) is 5.27. The lowest BCUT2D eigenvalue weighted by molar-refractivity contribution is 0.522. The maximum Gasteiger partial charge on any atom is 0.116 e. The van der Waals surface area contributed by atoms with E-state index in [-0.39, 0.29) is 6.04 Å². The van der Waals surface area contributed by atoms with Gasteiger partial charge in [-0.25, -0.2) is 9.97 Å². The highest BCUT2D eigenvalue weighted by Gasteiger charge is 2.08. The molecule has 0 aliphatic carbocycles. The predicted octanol–water partition coefficient (Wildman–Crippen LogP) is 1.85. The third-order valence-corrected chi connectivity index (χ3v) is 2.88. The molecule has 0 fully saturated rings. The molecule has 0 saturated carbocycles. The molecule has 86 valence electrons. The van der Waals surface area contributed by atoms with E-state index in [4.69, 9.17) is 5.26 Å². The molecule has 1 N–H and O–H groups in total. The molecular weight excluding hydrogens is 220 g/mol. The van der Waals surface area contributed by atoms with Crippen LogP contribution in [0.2, 0.25) is 0 Å². The molecule has 0 aromatic carbocycles. The minimum atomic E-state index is -0.0747. The molecule has 0 aliphatic heterocycles. The van der Waals surface area contributed by atoms with Crippen molar-refractivity contribution in [2.24, 2.45) is 0 Å². The van der Waals surface area contributed by atoms with E-state index < -0.39 is 0 Å². The van der Waals surface area contributed by atoms with E-state index in [2.05, 4.69) is 21.4 Å². The quantitative estimate of drug-likeness (QED) is 0.603. The van der Waals surface area contributed by atoms with Gasteiger partial charge in [-0.2, -0.15) is 5.26 Å². The van der Waals surface area contributed by atoms with Crippen LogP contribution in [0.3, 0.4) is 0 Å². The van der Waals surface area contributed by atoms with Crippen molar-refractivity contribution < 1.29 is 0 Å². The van der Waals surface area contributed by atoms with E-state index in [1.807, 2.05) is 19.9 Å². The number of rotatable bonds is 6. The lowest BCUT2D eigenvalue weighted by atomic mass is 10.2. The second-order valence-electron chi connectivity index (χ2n) is 3.69. The Morgan fingerprint density at radius 1 is 1.56 bits per heavy atom. The molecule has 0 radical (unpaired) electrons. The summed E-state index contributed by atoms with van der Waals surface area (Å²) in [6, 6.07) is 4.41. The number of nitriles is 1. The van der Waals surface area contributed by atoms with Gasteiger partial charge >= 0.3 is 0 Å². The van der Waals surface area contributed by atoms with Gasteiger partial charge in [-0.3, -0.25) is 5.32 Å². The molecule has 4 nitrogen and oxygen atoms in total. The average molecular weight is 236 g/mol. The monoisotopic (exact) mass is 236 g/mol. The van der Waals surface area contributed by atoms with Gasteiger partial charge < -0.3 is 0 Å². The minimum Gasteiger partial charge on any atom is -0.300 e. The summed E-state index contributed by atoms with van der Waals surface area (Å²) in [5, 5.41) is 13.1. The summed E-state index contributed by atoms with van der Waals surface area (Å²) in [7, 11) is 0. The van der Waals surface area contributed by atoms with Crippen LogP contribution in [0.5, 0.6) is 0 Å². The number of hydrogen-bond donors (Lipinski definition) is 1. The molecule has 1 heterocycles. The topological polar surface area (TPSA) is 61.6 Å². The van der Waals surface area contributed by atoms with Gasteiger partial charge in [-0.05, 0) is 26.3 Å². The Kier molecular flexibility index (Phi) is 5.83. The molecule has 16 heavy (non-hydrogen) atoms. The number of hydrogen-bond acceptors (Lipinski definition) is 5. The Morgan fingerprint density at radius 2 is 2.38 bits per heavy atom. The maximum absolute atomic E-state index is 8.92. The Hall–Kier alpha value is -1.12. The Labute approximate surface area is 100 Å². The van der Waals surface area contributed by atoms with Crippen molar-refractivity contribution in [2.75, 3.05) is 5.75 Å². The van der Waals surface area contributed by atoms with Crippen LogP contribution in [0.1, 0.15) is 20.3 Å². The zero-order valence-electron chi connectivity index (χ0n) is 9.55. The summed E-state index contributed by atoms with van der Waals surface area (Å²) < 4.78 is 0. The smallest absolute Gasteiger partial charge is 0.116 e. The summed E-state index contributed by atoms with van der Waals surface area (Å²) in [5.41, 5.74) is 0. The Bertz CT molecular complexity index is 334. The maximum atomic E-state index is 8.92. The van der Waals surface area contributed by atoms with Crippen LogP contribution >= 0.6 is 11.8 Å². The predicted molar refractivity (Wildman–Crippen MR) is 65.0 cm³/mol. The van der Waals surface area contributed by atoms with Crippen LogP contribution in [0.15, 0.2) is 23.6 Å². The fourth-order valence-corrected chi connectivity index (χ4v) is 2.07. The fraction of sp³-hybridized carbons (Fsp3) is 0.545. The minimum absolute atomic E-state index is 0.0747. The highest BCUT2D eigenvalue weighted by molar-refractivity contribution is 7.99. The molecule has 1 atom stereocenters. The van der Waals surface area contributed by atoms with Crippen molar-refractivity contribution >= 4 is 11.8 Å². The van der Waals surface area contributed by atoms with Crippen molar-refractivity contribution in [2.45, 2.75) is 37.4 Å². The van der Waals surface area contributed by atoms with E-state index in [9.17, 15) is 0 Å². The van der Waals surface area contributed by atoms with Crippen molar-refractivity contribution in [1.29, 1.82) is 5.26 Å². The van der Waals surface area contributed by atoms with Gasteiger partial charge in [0.25, 0.3) is 0 Å². The summed E-state index contributed by atoms with van der Waals surface area (Å²) in [6.45, 7) is 4.09. The van der Waals surface area contributed by atoms with Crippen LogP contribution in [0, 0.1) is 11.3 Å². The van der Waals surface area contributed by atoms with Gasteiger partial charge in [0.15, 0.2) is 0 Å². The summed E-state index contributed by atoms with van der Waals surface area (Å²) >= 11 is 1.65. The summed E-state index contributed by atoms with van der Waals surface area (Å²) in [6.07, 6.45) is 4.09. The molecule has 1 aromatic rings. The van der Waals surface area contributed by atoms with Crippen molar-refractivity contribution in [3.63, 3.8) is 0 Å². The largest absolute Gasteiger partial charge is 0.300 e. The molecule has 1 unspecified atom stereocenters. The molecule has 1 rings (SSSR count). The Balaban J connectivity index is 2.27. The average Bonchev–Trinajstić information content (AvgIpc) is 2.28. The van der Waals surface area contributed by atoms with E-state index >= 15 is 0 Å². The third-order valence-electron chi connectivity index (χ3n) is 1.90. The van der Waals surface area contributed by atoms with Gasteiger partial charge in [0.05, 0.1) is 17.1 Å². The van der Waals surface area contributed by atoms with Gasteiger partial charge in [0.2, 0.25) is 0 Å². The SMILES string of the molecule is CC(C)NC(C#N)CCSc1ccncn1. The molecule has 0 amide bonds. The second kappa shape index (κ2) is 7.20. The second-order valence-corrected chi connectivity index (χ2v) is 4.80. The first-order chi connectivity index (χ1) is 7.72. The molecule has 5 heteroatoms. The first kappa shape index (κ1) is 12.9. The van der Waals surface area contributed by atoms with Crippen LogP contribution < -0.4 is 5.32 Å². The van der Waals surface area contributed by atoms with E-state index in [1.54, 1.807) is 18.0 Å². The molecule has 0 spiro atoms. The Morgan fingerprint density at radius 3 is 2.94 bits per heavy atom. The number of aromatic nitrogens is 2. The van der Waals surface area contributed by atoms with Crippen molar-refractivity contribution in [3.05, 3.63) is 18.6 Å². The van der Waals surface area contributed by atoms with Gasteiger partial charge in [-0.1, -0.05) is 0 Å². The number of thioether (sulfide) groups is 1. The van der Waals surface area contributed by atoms with Crippen LogP contribution in [-0.2, 0) is 0 Å². The third kappa shape index (κ3) is 5.10. The zero-order chi connectivity index (χ0) is 11.8. The van der Waals surface area contributed by atoms with Gasteiger partial charge in [0, 0.05) is 18.0 Å². The van der Waals surface area contributed by atoms with E-state index in [0.29, 0.717) is 6.04 Å². The molecular formula is C11H16N4S. The molecule has 0 aliphatic rings. The highest BCUT2D eigenvalue weighted by Crippen LogP contribution is 2.15. The highest BCUT2D eigenvalue weighted by atomic mass is 32.2. The van der Waals surface area contributed by atoms with Gasteiger partial charge in [0.1, 0.15) is 6.33 Å². The van der Waals surface area contributed by atoms with Crippen LogP contribution in [-0.4, -0.2) is 27.8 Å². The zero-order valence-corrected chi connectivity index (χ0v) is 10.4. The molecule has 0 saturated heterocycles. The van der Waals surface area contributed by atoms with Crippen molar-refractivity contribution in [3.8, 4) is 6.07 Å². The van der Waals surface area contributed by atoms with E-state index in [1.165, 1.54) is 6.33 Å². The fourth-order valence-electron chi connectivity index (χ4n) is 1.23. The number of nitrogens with one attached hydrogen (secondary N) is 1. The summed E-state index contributed by atoms with van der Waals surface area (Å²) in [4.78, 5) is 7.97. The first-order valence-corrected chi connectivity index (χ1v) is 6.25. The van der Waals surface area contributed by atoms with Crippen LogP contribution in [0.4, 0.5) is 0 Å². The molecule has 0 bridgehead atoms. The normalized spacial score (nSPS) is 12.4. The van der Waals surface area contributed by atoms with Crippen molar-refractivity contribution in [1.82, 2.24) is 15.3 Å². The van der Waals surface area contributed by atoms with Gasteiger partial charge in [-0.15, -0.1) is 11.8 Å².